The Balaban J connectivity index is 2.17. The number of methoxy groups -OCH3 is 1. The standard InChI is InChI=1S/C14H16FN3O2S/c1-3-8-6-18-13(21-8)7-17-12-4-9(14(19)20-2)11(16)5-10(12)15/h4-6,17H,3,7,16H2,1-2H3. The molecule has 0 fully saturated rings. The van der Waals surface area contributed by atoms with Gasteiger partial charge in [-0.15, -0.1) is 11.3 Å². The number of aryl methyl sites for hydroxylation is 1. The van der Waals surface area contributed by atoms with Gasteiger partial charge < -0.3 is 15.8 Å². The average molecular weight is 309 g/mol. The van der Waals surface area contributed by atoms with E-state index in [2.05, 4.69) is 15.0 Å². The summed E-state index contributed by atoms with van der Waals surface area (Å²) < 4.78 is 18.5. The summed E-state index contributed by atoms with van der Waals surface area (Å²) in [6.45, 7) is 2.43. The van der Waals surface area contributed by atoms with E-state index in [1.807, 2.05) is 6.92 Å². The number of esters is 1. The molecular weight excluding hydrogens is 293 g/mol. The molecule has 2 aromatic rings. The lowest BCUT2D eigenvalue weighted by Crippen LogP contribution is -2.09. The third-order valence-electron chi connectivity index (χ3n) is 2.92. The maximum atomic E-state index is 13.9. The van der Waals surface area contributed by atoms with Gasteiger partial charge in [0.2, 0.25) is 0 Å². The number of halogens is 1. The smallest absolute Gasteiger partial charge is 0.340 e. The number of ether oxygens (including phenoxy) is 1. The molecule has 0 unspecified atom stereocenters. The second-order valence-corrected chi connectivity index (χ2v) is 5.54. The topological polar surface area (TPSA) is 77.2 Å². The molecule has 0 aliphatic carbocycles. The van der Waals surface area contributed by atoms with E-state index in [-0.39, 0.29) is 16.9 Å². The summed E-state index contributed by atoms with van der Waals surface area (Å²) in [5.41, 5.74) is 5.99. The molecule has 1 heterocycles. The van der Waals surface area contributed by atoms with Gasteiger partial charge in [-0.2, -0.15) is 0 Å². The van der Waals surface area contributed by atoms with Crippen molar-refractivity contribution in [1.82, 2.24) is 4.98 Å². The van der Waals surface area contributed by atoms with Crippen LogP contribution in [0.15, 0.2) is 18.3 Å². The van der Waals surface area contributed by atoms with Crippen molar-refractivity contribution in [2.75, 3.05) is 18.2 Å². The van der Waals surface area contributed by atoms with Crippen LogP contribution in [0.5, 0.6) is 0 Å². The number of nitrogen functional groups attached to an aromatic ring is 1. The van der Waals surface area contributed by atoms with E-state index in [1.165, 1.54) is 18.1 Å². The number of hydrogen-bond acceptors (Lipinski definition) is 6. The van der Waals surface area contributed by atoms with E-state index in [0.29, 0.717) is 6.54 Å². The molecule has 7 heteroatoms. The molecule has 0 amide bonds. The first-order valence-corrected chi connectivity index (χ1v) is 7.21. The van der Waals surface area contributed by atoms with Gasteiger partial charge in [-0.3, -0.25) is 0 Å². The van der Waals surface area contributed by atoms with Gasteiger partial charge in [-0.05, 0) is 18.6 Å². The molecule has 0 spiro atoms. The Bertz CT molecular complexity index is 658. The fourth-order valence-corrected chi connectivity index (χ4v) is 2.58. The van der Waals surface area contributed by atoms with Crippen LogP contribution < -0.4 is 11.1 Å². The molecule has 0 saturated carbocycles. The maximum Gasteiger partial charge on any atom is 0.340 e. The Morgan fingerprint density at radius 3 is 2.90 bits per heavy atom. The number of aromatic nitrogens is 1. The van der Waals surface area contributed by atoms with Gasteiger partial charge >= 0.3 is 5.97 Å². The molecule has 0 aliphatic heterocycles. The number of nitrogens with zero attached hydrogens (tertiary/aromatic N) is 1. The number of rotatable bonds is 5. The predicted molar refractivity (Wildman–Crippen MR) is 81.0 cm³/mol. The molecule has 5 nitrogen and oxygen atoms in total. The van der Waals surface area contributed by atoms with Gasteiger partial charge in [0.1, 0.15) is 10.8 Å². The minimum Gasteiger partial charge on any atom is -0.465 e. The van der Waals surface area contributed by atoms with Crippen molar-refractivity contribution in [2.24, 2.45) is 0 Å². The van der Waals surface area contributed by atoms with Gasteiger partial charge in [0.15, 0.2) is 0 Å². The highest BCUT2D eigenvalue weighted by Gasteiger charge is 2.14. The van der Waals surface area contributed by atoms with Crippen LogP contribution in [0.25, 0.3) is 0 Å². The van der Waals surface area contributed by atoms with Crippen molar-refractivity contribution in [3.8, 4) is 0 Å². The molecule has 0 radical (unpaired) electrons. The van der Waals surface area contributed by atoms with Gasteiger partial charge in [-0.1, -0.05) is 6.92 Å². The first-order valence-electron chi connectivity index (χ1n) is 6.40. The van der Waals surface area contributed by atoms with Gasteiger partial charge in [0, 0.05) is 16.8 Å². The third kappa shape index (κ3) is 3.49. The molecule has 0 saturated heterocycles. The number of nitrogens with one attached hydrogen (secondary N) is 1. The average Bonchev–Trinajstić information content (AvgIpc) is 2.93. The van der Waals surface area contributed by atoms with Gasteiger partial charge in [-0.25, -0.2) is 14.2 Å². The predicted octanol–water partition coefficient (Wildman–Crippen LogP) is 2.83. The molecule has 21 heavy (non-hydrogen) atoms. The summed E-state index contributed by atoms with van der Waals surface area (Å²) in [5.74, 6) is -1.12. The highest BCUT2D eigenvalue weighted by atomic mass is 32.1. The number of hydrogen-bond donors (Lipinski definition) is 2. The lowest BCUT2D eigenvalue weighted by Gasteiger charge is -2.10. The van der Waals surface area contributed by atoms with E-state index >= 15 is 0 Å². The van der Waals surface area contributed by atoms with Gasteiger partial charge in [0.25, 0.3) is 0 Å². The van der Waals surface area contributed by atoms with Crippen molar-refractivity contribution in [2.45, 2.75) is 19.9 Å². The van der Waals surface area contributed by atoms with E-state index in [0.717, 1.165) is 17.5 Å². The zero-order valence-corrected chi connectivity index (χ0v) is 12.6. The van der Waals surface area contributed by atoms with E-state index in [1.54, 1.807) is 17.5 Å². The zero-order chi connectivity index (χ0) is 15.4. The number of nitrogens with two attached hydrogens (primary N) is 1. The van der Waals surface area contributed by atoms with E-state index < -0.39 is 11.8 Å². The summed E-state index contributed by atoms with van der Waals surface area (Å²) in [7, 11) is 1.25. The fraction of sp³-hybridized carbons (Fsp3) is 0.286. The first kappa shape index (κ1) is 15.2. The molecule has 0 bridgehead atoms. The lowest BCUT2D eigenvalue weighted by molar-refractivity contribution is 0.0602. The number of carbonyl (C=O) groups is 1. The summed E-state index contributed by atoms with van der Waals surface area (Å²) in [5, 5.41) is 3.77. The van der Waals surface area contributed by atoms with Crippen molar-refractivity contribution >= 4 is 28.7 Å². The second-order valence-electron chi connectivity index (χ2n) is 4.34. The molecular formula is C14H16FN3O2S. The summed E-state index contributed by atoms with van der Waals surface area (Å²) in [4.78, 5) is 17.0. The molecule has 0 atom stereocenters. The van der Waals surface area contributed by atoms with E-state index in [9.17, 15) is 9.18 Å². The summed E-state index contributed by atoms with van der Waals surface area (Å²) >= 11 is 1.56. The Labute approximate surface area is 126 Å². The molecule has 1 aromatic carbocycles. The first-order chi connectivity index (χ1) is 10.0. The van der Waals surface area contributed by atoms with Crippen LogP contribution in [-0.4, -0.2) is 18.1 Å². The number of anilines is 2. The SMILES string of the molecule is CCc1cnc(CNc2cc(C(=O)OC)c(N)cc2F)s1. The molecule has 112 valence electrons. The zero-order valence-electron chi connectivity index (χ0n) is 11.8. The Kier molecular flexibility index (Phi) is 4.74. The van der Waals surface area contributed by atoms with Crippen LogP contribution in [0.4, 0.5) is 15.8 Å². The Hall–Kier alpha value is -2.15. The van der Waals surface area contributed by atoms with Crippen LogP contribution >= 0.6 is 11.3 Å². The number of thiazole rings is 1. The number of benzene rings is 1. The minimum absolute atomic E-state index is 0.0485. The van der Waals surface area contributed by atoms with Gasteiger partial charge in [0.05, 0.1) is 24.9 Å². The fourth-order valence-electron chi connectivity index (χ4n) is 1.77. The largest absolute Gasteiger partial charge is 0.465 e. The van der Waals surface area contributed by atoms with Crippen LogP contribution in [0.1, 0.15) is 27.2 Å². The third-order valence-corrected chi connectivity index (χ3v) is 4.07. The highest BCUT2D eigenvalue weighted by Crippen LogP contribution is 2.24. The lowest BCUT2D eigenvalue weighted by atomic mass is 10.1. The van der Waals surface area contributed by atoms with Crippen LogP contribution in [-0.2, 0) is 17.7 Å². The van der Waals surface area contributed by atoms with Crippen LogP contribution in [0.3, 0.4) is 0 Å². The monoisotopic (exact) mass is 309 g/mol. The minimum atomic E-state index is -0.599. The van der Waals surface area contributed by atoms with Crippen LogP contribution in [0.2, 0.25) is 0 Å². The van der Waals surface area contributed by atoms with Crippen molar-refractivity contribution in [3.63, 3.8) is 0 Å². The summed E-state index contributed by atoms with van der Waals surface area (Å²) in [6, 6.07) is 2.46. The Morgan fingerprint density at radius 2 is 2.29 bits per heavy atom. The highest BCUT2D eigenvalue weighted by molar-refractivity contribution is 7.11. The number of carbonyl (C=O) groups excluding carboxylic acids is 1. The van der Waals surface area contributed by atoms with Crippen molar-refractivity contribution in [1.29, 1.82) is 0 Å². The molecule has 3 N–H and O–H groups in total. The molecule has 2 rings (SSSR count). The molecule has 0 aliphatic rings. The van der Waals surface area contributed by atoms with Crippen LogP contribution in [0, 0.1) is 5.82 Å². The molecule has 1 aromatic heterocycles. The summed E-state index contributed by atoms with van der Waals surface area (Å²) in [6.07, 6.45) is 2.72. The normalized spacial score (nSPS) is 10.4. The Morgan fingerprint density at radius 1 is 1.52 bits per heavy atom. The maximum absolute atomic E-state index is 13.9. The van der Waals surface area contributed by atoms with Crippen molar-refractivity contribution in [3.05, 3.63) is 39.6 Å². The van der Waals surface area contributed by atoms with E-state index in [4.69, 9.17) is 5.73 Å². The van der Waals surface area contributed by atoms with Crippen molar-refractivity contribution < 1.29 is 13.9 Å². The second kappa shape index (κ2) is 6.53. The quantitative estimate of drug-likeness (QED) is 0.656.